The van der Waals surface area contributed by atoms with Gasteiger partial charge in [-0.1, -0.05) is 18.2 Å². The second-order valence-corrected chi connectivity index (χ2v) is 3.49. The normalized spacial score (nSPS) is 10.2. The van der Waals surface area contributed by atoms with Gasteiger partial charge < -0.3 is 14.9 Å². The zero-order valence-electron chi connectivity index (χ0n) is 10.0. The molecule has 1 aromatic heterocycles. The minimum Gasteiger partial charge on any atom is -0.461 e. The Morgan fingerprint density at radius 3 is 2.68 bits per heavy atom. The Hall–Kier alpha value is -2.77. The van der Waals surface area contributed by atoms with Gasteiger partial charge in [-0.25, -0.2) is 4.79 Å². The first kappa shape index (κ1) is 12.7. The zero-order valence-corrected chi connectivity index (χ0v) is 10.0. The lowest BCUT2D eigenvalue weighted by Crippen LogP contribution is -2.13. The molecule has 8 heteroatoms. The minimum atomic E-state index is -0.831. The number of carbonyl (C=O) groups is 1. The molecule has 0 unspecified atom stereocenters. The molecule has 0 aliphatic carbocycles. The van der Waals surface area contributed by atoms with E-state index in [1.54, 1.807) is 37.3 Å². The van der Waals surface area contributed by atoms with Gasteiger partial charge in [-0.05, 0) is 24.0 Å². The molecule has 2 aromatic rings. The third-order valence-electron chi connectivity index (χ3n) is 2.29. The number of hydrogen-bond donors (Lipinski definition) is 0. The van der Waals surface area contributed by atoms with Crippen LogP contribution in [0.1, 0.15) is 17.4 Å². The van der Waals surface area contributed by atoms with E-state index in [1.165, 1.54) is 0 Å². The predicted octanol–water partition coefficient (Wildman–Crippen LogP) is 1.35. The quantitative estimate of drug-likeness (QED) is 0.468. The fourth-order valence-corrected chi connectivity index (χ4v) is 1.52. The minimum absolute atomic E-state index is 0.107. The van der Waals surface area contributed by atoms with Crippen molar-refractivity contribution in [2.45, 2.75) is 6.92 Å². The number of carbonyl (C=O) groups excluding carboxylic acids is 1. The van der Waals surface area contributed by atoms with Gasteiger partial charge >= 0.3 is 11.8 Å². The van der Waals surface area contributed by atoms with Gasteiger partial charge in [-0.15, -0.1) is 0 Å². The number of hydrogen-bond acceptors (Lipinski definition) is 6. The van der Waals surface area contributed by atoms with Gasteiger partial charge in [0, 0.05) is 0 Å². The van der Waals surface area contributed by atoms with Gasteiger partial charge in [-0.3, -0.25) is 0 Å². The lowest BCUT2D eigenvalue weighted by atomic mass is 10.3. The molecule has 0 atom stereocenters. The van der Waals surface area contributed by atoms with Crippen molar-refractivity contribution in [1.82, 2.24) is 15.0 Å². The van der Waals surface area contributed by atoms with Crippen LogP contribution in [0.4, 0.5) is 5.82 Å². The maximum Gasteiger partial charge on any atom is 0.426 e. The van der Waals surface area contributed by atoms with Crippen molar-refractivity contribution in [2.75, 3.05) is 6.61 Å². The summed E-state index contributed by atoms with van der Waals surface area (Å²) in [4.78, 5) is 21.9. The summed E-state index contributed by atoms with van der Waals surface area (Å²) >= 11 is 0. The van der Waals surface area contributed by atoms with E-state index >= 15 is 0 Å². The largest absolute Gasteiger partial charge is 0.461 e. The average Bonchev–Trinajstić information content (AvgIpc) is 2.85. The fraction of sp³-hybridized carbons (Fsp3) is 0.182. The summed E-state index contributed by atoms with van der Waals surface area (Å²) in [6.07, 6.45) is 0. The number of nitro groups is 1. The molecule has 8 nitrogen and oxygen atoms in total. The summed E-state index contributed by atoms with van der Waals surface area (Å²) in [6.45, 7) is 1.72. The molecule has 98 valence electrons. The van der Waals surface area contributed by atoms with Crippen LogP contribution in [-0.4, -0.2) is 32.5 Å². The van der Waals surface area contributed by atoms with Crippen LogP contribution in [0.2, 0.25) is 0 Å². The van der Waals surface area contributed by atoms with Gasteiger partial charge in [0.1, 0.15) is 5.10 Å². The molecular formula is C11H10N4O4. The molecule has 0 spiro atoms. The predicted molar refractivity (Wildman–Crippen MR) is 64.0 cm³/mol. The van der Waals surface area contributed by atoms with Gasteiger partial charge in [0.15, 0.2) is 0 Å². The van der Waals surface area contributed by atoms with Gasteiger partial charge in [0.25, 0.3) is 5.69 Å². The van der Waals surface area contributed by atoms with Crippen LogP contribution in [0.3, 0.4) is 0 Å². The lowest BCUT2D eigenvalue weighted by molar-refractivity contribution is -0.390. The first-order valence-electron chi connectivity index (χ1n) is 5.47. The Kier molecular flexibility index (Phi) is 3.51. The highest BCUT2D eigenvalue weighted by atomic mass is 16.6. The molecule has 0 aliphatic heterocycles. The summed E-state index contributed by atoms with van der Waals surface area (Å²) in [5.41, 5.74) is 0.198. The van der Waals surface area contributed by atoms with E-state index in [0.29, 0.717) is 5.69 Å². The van der Waals surface area contributed by atoms with Gasteiger partial charge in [0.2, 0.25) is 0 Å². The molecule has 0 N–H and O–H groups in total. The standard InChI is InChI=1S/C11H10N4O4/c1-2-19-11(16)9-10(15(17)18)12-13-14(9)8-6-4-3-5-7-8/h3-7H,2H2,1H3. The number of esters is 1. The average molecular weight is 262 g/mol. The molecule has 0 saturated heterocycles. The van der Waals surface area contributed by atoms with Crippen molar-refractivity contribution in [2.24, 2.45) is 0 Å². The third kappa shape index (κ3) is 2.41. The lowest BCUT2D eigenvalue weighted by Gasteiger charge is -2.03. The van der Waals surface area contributed by atoms with E-state index in [1.807, 2.05) is 0 Å². The molecule has 1 aromatic carbocycles. The molecule has 0 saturated carbocycles. The van der Waals surface area contributed by atoms with Crippen LogP contribution < -0.4 is 0 Å². The van der Waals surface area contributed by atoms with Gasteiger partial charge in [-0.2, -0.15) is 4.68 Å². The molecule has 2 rings (SSSR count). The van der Waals surface area contributed by atoms with Crippen LogP contribution in [-0.2, 0) is 4.74 Å². The van der Waals surface area contributed by atoms with Crippen molar-refractivity contribution in [3.8, 4) is 5.69 Å². The molecule has 0 amide bonds. The first-order valence-corrected chi connectivity index (χ1v) is 5.47. The van der Waals surface area contributed by atoms with Crippen LogP contribution in [0.15, 0.2) is 30.3 Å². The van der Waals surface area contributed by atoms with Crippen molar-refractivity contribution < 1.29 is 14.5 Å². The van der Waals surface area contributed by atoms with E-state index in [-0.39, 0.29) is 12.3 Å². The smallest absolute Gasteiger partial charge is 0.426 e. The monoisotopic (exact) mass is 262 g/mol. The second kappa shape index (κ2) is 5.25. The molecule has 1 heterocycles. The maximum absolute atomic E-state index is 11.8. The van der Waals surface area contributed by atoms with E-state index in [2.05, 4.69) is 10.3 Å². The Bertz CT molecular complexity index is 608. The maximum atomic E-state index is 11.8. The highest BCUT2D eigenvalue weighted by Gasteiger charge is 2.31. The SMILES string of the molecule is CCOC(=O)c1c([N+](=O)[O-])nnn1-c1ccccc1. The topological polar surface area (TPSA) is 100 Å². The Balaban J connectivity index is 2.56. The Morgan fingerprint density at radius 1 is 1.42 bits per heavy atom. The number of ether oxygens (including phenoxy) is 1. The summed E-state index contributed by atoms with van der Waals surface area (Å²) in [6, 6.07) is 8.52. The molecule has 0 bridgehead atoms. The highest BCUT2D eigenvalue weighted by Crippen LogP contribution is 2.19. The van der Waals surface area contributed by atoms with Crippen LogP contribution >= 0.6 is 0 Å². The number of nitrogens with zero attached hydrogens (tertiary/aromatic N) is 4. The fourth-order valence-electron chi connectivity index (χ4n) is 1.52. The highest BCUT2D eigenvalue weighted by molar-refractivity contribution is 5.91. The van der Waals surface area contributed by atoms with Crippen molar-refractivity contribution in [3.05, 3.63) is 46.1 Å². The molecule has 0 aliphatic rings. The number of benzene rings is 1. The Labute approximate surface area is 107 Å². The van der Waals surface area contributed by atoms with Crippen LogP contribution in [0, 0.1) is 10.1 Å². The van der Waals surface area contributed by atoms with Crippen LogP contribution in [0.25, 0.3) is 5.69 Å². The molecule has 0 fully saturated rings. The zero-order chi connectivity index (χ0) is 13.8. The Morgan fingerprint density at radius 2 is 2.11 bits per heavy atom. The third-order valence-corrected chi connectivity index (χ3v) is 2.29. The molecule has 0 radical (unpaired) electrons. The van der Waals surface area contributed by atoms with Crippen molar-refractivity contribution in [3.63, 3.8) is 0 Å². The first-order chi connectivity index (χ1) is 9.15. The summed E-state index contributed by atoms with van der Waals surface area (Å²) < 4.78 is 5.89. The van der Waals surface area contributed by atoms with E-state index in [0.717, 1.165) is 4.68 Å². The molecule has 19 heavy (non-hydrogen) atoms. The molecular weight excluding hydrogens is 252 g/mol. The van der Waals surface area contributed by atoms with E-state index < -0.39 is 16.7 Å². The van der Waals surface area contributed by atoms with E-state index in [4.69, 9.17) is 4.74 Å². The summed E-state index contributed by atoms with van der Waals surface area (Å²) in [7, 11) is 0. The number of aromatic nitrogens is 3. The number of para-hydroxylation sites is 1. The second-order valence-electron chi connectivity index (χ2n) is 3.49. The van der Waals surface area contributed by atoms with E-state index in [9.17, 15) is 14.9 Å². The van der Waals surface area contributed by atoms with Crippen molar-refractivity contribution >= 4 is 11.8 Å². The summed E-state index contributed by atoms with van der Waals surface area (Å²) in [5, 5.41) is 17.9. The van der Waals surface area contributed by atoms with Gasteiger partial charge in [0.05, 0.1) is 17.5 Å². The summed E-state index contributed by atoms with van der Waals surface area (Å²) in [5.74, 6) is -1.45. The number of rotatable bonds is 4. The van der Waals surface area contributed by atoms with Crippen LogP contribution in [0.5, 0.6) is 0 Å². The van der Waals surface area contributed by atoms with Crippen molar-refractivity contribution in [1.29, 1.82) is 0 Å².